The summed E-state index contributed by atoms with van der Waals surface area (Å²) in [5, 5.41) is 16.1. The van der Waals surface area contributed by atoms with E-state index in [0.717, 1.165) is 43.1 Å². The molecule has 0 saturated heterocycles. The predicted octanol–water partition coefficient (Wildman–Crippen LogP) is 0.945. The lowest BCUT2D eigenvalue weighted by Crippen LogP contribution is -2.39. The number of guanidine groups is 1. The number of sulfonamides is 1. The van der Waals surface area contributed by atoms with E-state index in [2.05, 4.69) is 33.7 Å². The molecule has 0 saturated carbocycles. The molecule has 1 aromatic carbocycles. The molecule has 1 heterocycles. The van der Waals surface area contributed by atoms with Gasteiger partial charge in [-0.2, -0.15) is 5.10 Å². The van der Waals surface area contributed by atoms with Gasteiger partial charge in [-0.05, 0) is 50.5 Å². The molecule has 2 aromatic rings. The van der Waals surface area contributed by atoms with Gasteiger partial charge in [-0.3, -0.25) is 9.67 Å². The zero-order valence-electron chi connectivity index (χ0n) is 16.1. The van der Waals surface area contributed by atoms with Crippen molar-refractivity contribution >= 4 is 16.0 Å². The smallest absolute Gasteiger partial charge is 0.238 e. The van der Waals surface area contributed by atoms with Crippen molar-refractivity contribution in [3.05, 3.63) is 47.3 Å². The number of aromatic nitrogens is 2. The number of nitrogens with two attached hydrogens (primary N) is 1. The minimum atomic E-state index is -3.64. The van der Waals surface area contributed by atoms with E-state index in [0.29, 0.717) is 6.54 Å². The van der Waals surface area contributed by atoms with Gasteiger partial charge in [-0.1, -0.05) is 12.1 Å². The highest BCUT2D eigenvalue weighted by atomic mass is 32.2. The molecule has 9 heteroatoms. The zero-order valence-corrected chi connectivity index (χ0v) is 16.9. The molecule has 27 heavy (non-hydrogen) atoms. The highest BCUT2D eigenvalue weighted by molar-refractivity contribution is 7.89. The Balaban J connectivity index is 1.70. The van der Waals surface area contributed by atoms with Crippen LogP contribution in [-0.4, -0.2) is 44.3 Å². The zero-order chi connectivity index (χ0) is 19.9. The van der Waals surface area contributed by atoms with Crippen molar-refractivity contribution in [2.24, 2.45) is 10.1 Å². The van der Waals surface area contributed by atoms with Crippen LogP contribution < -0.4 is 15.8 Å². The second kappa shape index (κ2) is 9.52. The second-order valence-electron chi connectivity index (χ2n) is 6.37. The summed E-state index contributed by atoms with van der Waals surface area (Å²) in [6.45, 7) is 6.40. The molecule has 0 aliphatic heterocycles. The third kappa shape index (κ3) is 6.69. The minimum Gasteiger partial charge on any atom is -0.356 e. The number of nitrogens with zero attached hydrogens (tertiary/aromatic N) is 3. The SMILES string of the molecule is CN=C(NCCCn1nc(C)cc1C)NCCc1ccc(S(N)(=O)=O)cc1. The maximum absolute atomic E-state index is 11.3. The van der Waals surface area contributed by atoms with Crippen LogP contribution in [0.2, 0.25) is 0 Å². The molecule has 2 rings (SSSR count). The lowest BCUT2D eigenvalue weighted by molar-refractivity contribution is 0.555. The Morgan fingerprint density at radius 3 is 2.41 bits per heavy atom. The van der Waals surface area contributed by atoms with E-state index in [4.69, 9.17) is 5.14 Å². The van der Waals surface area contributed by atoms with Crippen molar-refractivity contribution in [2.75, 3.05) is 20.1 Å². The first-order chi connectivity index (χ1) is 12.8. The van der Waals surface area contributed by atoms with Crippen molar-refractivity contribution in [3.63, 3.8) is 0 Å². The molecular weight excluding hydrogens is 364 g/mol. The predicted molar refractivity (Wildman–Crippen MR) is 107 cm³/mol. The number of aryl methyl sites for hydroxylation is 3. The Kier molecular flexibility index (Phi) is 7.37. The van der Waals surface area contributed by atoms with Crippen LogP contribution in [0.3, 0.4) is 0 Å². The third-order valence-corrected chi connectivity index (χ3v) is 5.05. The van der Waals surface area contributed by atoms with Gasteiger partial charge in [0.1, 0.15) is 0 Å². The number of primary sulfonamides is 1. The Morgan fingerprint density at radius 2 is 1.85 bits per heavy atom. The first kappa shape index (κ1) is 20.9. The van der Waals surface area contributed by atoms with Crippen molar-refractivity contribution in [1.82, 2.24) is 20.4 Å². The number of benzene rings is 1. The molecular formula is C18H28N6O2S. The molecule has 0 spiro atoms. The van der Waals surface area contributed by atoms with Crippen LogP contribution in [0.4, 0.5) is 0 Å². The van der Waals surface area contributed by atoms with Crippen molar-refractivity contribution in [3.8, 4) is 0 Å². The molecule has 0 bridgehead atoms. The standard InChI is InChI=1S/C18H28N6O2S/c1-14-13-15(2)24(23-14)12-4-10-21-18(20-3)22-11-9-16-5-7-17(8-6-16)27(19,25)26/h5-8,13H,4,9-12H2,1-3H3,(H2,19,25,26)(H2,20,21,22). The van der Waals surface area contributed by atoms with Crippen LogP contribution in [-0.2, 0) is 23.0 Å². The Bertz CT molecular complexity index is 872. The first-order valence-corrected chi connectivity index (χ1v) is 10.4. The minimum absolute atomic E-state index is 0.124. The fourth-order valence-electron chi connectivity index (χ4n) is 2.73. The fourth-order valence-corrected chi connectivity index (χ4v) is 3.24. The molecule has 0 aliphatic rings. The number of rotatable bonds is 8. The molecule has 4 N–H and O–H groups in total. The quantitative estimate of drug-likeness (QED) is 0.351. The summed E-state index contributed by atoms with van der Waals surface area (Å²) in [5.41, 5.74) is 3.23. The molecule has 0 amide bonds. The summed E-state index contributed by atoms with van der Waals surface area (Å²) in [5.74, 6) is 0.740. The second-order valence-corrected chi connectivity index (χ2v) is 7.93. The van der Waals surface area contributed by atoms with E-state index >= 15 is 0 Å². The largest absolute Gasteiger partial charge is 0.356 e. The van der Waals surface area contributed by atoms with Gasteiger partial charge in [0.05, 0.1) is 10.6 Å². The fraction of sp³-hybridized carbons (Fsp3) is 0.444. The number of hydrogen-bond acceptors (Lipinski definition) is 4. The summed E-state index contributed by atoms with van der Waals surface area (Å²) >= 11 is 0. The first-order valence-electron chi connectivity index (χ1n) is 8.87. The summed E-state index contributed by atoms with van der Waals surface area (Å²) in [6.07, 6.45) is 1.69. The van der Waals surface area contributed by atoms with Crippen LogP contribution in [0.15, 0.2) is 40.2 Å². The van der Waals surface area contributed by atoms with Crippen molar-refractivity contribution in [1.29, 1.82) is 0 Å². The maximum Gasteiger partial charge on any atom is 0.238 e. The van der Waals surface area contributed by atoms with E-state index in [1.54, 1.807) is 19.2 Å². The van der Waals surface area contributed by atoms with Crippen LogP contribution in [0.1, 0.15) is 23.4 Å². The van der Waals surface area contributed by atoms with Crippen LogP contribution in [0.25, 0.3) is 0 Å². The third-order valence-electron chi connectivity index (χ3n) is 4.12. The molecule has 8 nitrogen and oxygen atoms in total. The number of nitrogens with one attached hydrogen (secondary N) is 2. The Hall–Kier alpha value is -2.39. The molecule has 1 aromatic heterocycles. The van der Waals surface area contributed by atoms with Crippen LogP contribution in [0, 0.1) is 13.8 Å². The highest BCUT2D eigenvalue weighted by Crippen LogP contribution is 2.08. The van der Waals surface area contributed by atoms with E-state index in [1.807, 2.05) is 11.6 Å². The molecule has 0 radical (unpaired) electrons. The molecule has 148 valence electrons. The van der Waals surface area contributed by atoms with Gasteiger partial charge in [-0.15, -0.1) is 0 Å². The van der Waals surface area contributed by atoms with Gasteiger partial charge in [0.25, 0.3) is 0 Å². The van der Waals surface area contributed by atoms with Gasteiger partial charge in [0, 0.05) is 32.4 Å². The number of aliphatic imine (C=N–C) groups is 1. The van der Waals surface area contributed by atoms with E-state index in [-0.39, 0.29) is 4.90 Å². The summed E-state index contributed by atoms with van der Waals surface area (Å²) in [6, 6.07) is 8.66. The topological polar surface area (TPSA) is 114 Å². The van der Waals surface area contributed by atoms with Gasteiger partial charge >= 0.3 is 0 Å². The molecule has 0 fully saturated rings. The van der Waals surface area contributed by atoms with E-state index in [9.17, 15) is 8.42 Å². The van der Waals surface area contributed by atoms with E-state index < -0.39 is 10.0 Å². The Labute approximate surface area is 160 Å². The summed E-state index contributed by atoms with van der Waals surface area (Å²) < 4.78 is 24.5. The van der Waals surface area contributed by atoms with Crippen molar-refractivity contribution in [2.45, 2.75) is 38.1 Å². The lowest BCUT2D eigenvalue weighted by atomic mass is 10.1. The average molecular weight is 393 g/mol. The normalized spacial score (nSPS) is 12.2. The van der Waals surface area contributed by atoms with Crippen LogP contribution >= 0.6 is 0 Å². The van der Waals surface area contributed by atoms with Gasteiger partial charge in [-0.25, -0.2) is 13.6 Å². The average Bonchev–Trinajstić information content (AvgIpc) is 2.94. The van der Waals surface area contributed by atoms with Gasteiger partial charge in [0.2, 0.25) is 10.0 Å². The molecule has 0 atom stereocenters. The lowest BCUT2D eigenvalue weighted by Gasteiger charge is -2.12. The monoisotopic (exact) mass is 392 g/mol. The van der Waals surface area contributed by atoms with Gasteiger partial charge in [0.15, 0.2) is 5.96 Å². The summed E-state index contributed by atoms with van der Waals surface area (Å²) in [4.78, 5) is 4.33. The summed E-state index contributed by atoms with van der Waals surface area (Å²) in [7, 11) is -1.91. The van der Waals surface area contributed by atoms with E-state index in [1.165, 1.54) is 17.8 Å². The van der Waals surface area contributed by atoms with Crippen LogP contribution in [0.5, 0.6) is 0 Å². The molecule has 0 unspecified atom stereocenters. The Morgan fingerprint density at radius 1 is 1.19 bits per heavy atom. The molecule has 0 aliphatic carbocycles. The maximum atomic E-state index is 11.3. The number of hydrogen-bond donors (Lipinski definition) is 3. The highest BCUT2D eigenvalue weighted by Gasteiger charge is 2.06. The van der Waals surface area contributed by atoms with Gasteiger partial charge < -0.3 is 10.6 Å². The van der Waals surface area contributed by atoms with Crippen molar-refractivity contribution < 1.29 is 8.42 Å².